The lowest BCUT2D eigenvalue weighted by atomic mass is 9.65. The van der Waals surface area contributed by atoms with Gasteiger partial charge < -0.3 is 0 Å². The normalized spacial score (nSPS) is 48.0. The largest absolute Gasteiger partial charge is 0.247 e. The van der Waals surface area contributed by atoms with Gasteiger partial charge in [-0.2, -0.15) is 0 Å². The van der Waals surface area contributed by atoms with Gasteiger partial charge >= 0.3 is 0 Å². The van der Waals surface area contributed by atoms with Crippen molar-refractivity contribution in [3.8, 4) is 0 Å². The summed E-state index contributed by atoms with van der Waals surface area (Å²) in [6.45, 7) is 4.19. The van der Waals surface area contributed by atoms with Crippen LogP contribution in [-0.4, -0.2) is 12.3 Å². The van der Waals surface area contributed by atoms with Gasteiger partial charge in [-0.1, -0.05) is 33.1 Å². The zero-order chi connectivity index (χ0) is 12.4. The molecule has 0 amide bonds. The van der Waals surface area contributed by atoms with Crippen LogP contribution in [0.4, 0.5) is 8.78 Å². The Morgan fingerprint density at radius 2 is 1.71 bits per heavy atom. The van der Waals surface area contributed by atoms with E-state index in [9.17, 15) is 8.78 Å². The number of alkyl halides is 2. The first-order valence-electron chi connectivity index (χ1n) is 7.41. The molecule has 2 heteroatoms. The van der Waals surface area contributed by atoms with Crippen molar-refractivity contribution in [1.82, 2.24) is 0 Å². The highest BCUT2D eigenvalue weighted by atomic mass is 19.1. The van der Waals surface area contributed by atoms with Gasteiger partial charge in [0.2, 0.25) is 0 Å². The van der Waals surface area contributed by atoms with E-state index < -0.39 is 12.3 Å². The SMILES string of the molecule is CCC1CC(C)C(F)C(C2CCCCC2F)C1. The maximum atomic E-state index is 14.3. The van der Waals surface area contributed by atoms with Gasteiger partial charge in [-0.05, 0) is 49.4 Å². The van der Waals surface area contributed by atoms with Crippen molar-refractivity contribution in [1.29, 1.82) is 0 Å². The topological polar surface area (TPSA) is 0 Å². The van der Waals surface area contributed by atoms with Gasteiger partial charge in [-0.15, -0.1) is 0 Å². The molecule has 0 N–H and O–H groups in total. The fraction of sp³-hybridized carbons (Fsp3) is 1.00. The zero-order valence-electron chi connectivity index (χ0n) is 11.2. The lowest BCUT2D eigenvalue weighted by Crippen LogP contribution is -2.41. The van der Waals surface area contributed by atoms with Gasteiger partial charge in [0.15, 0.2) is 0 Å². The highest BCUT2D eigenvalue weighted by molar-refractivity contribution is 4.91. The molecule has 0 bridgehead atoms. The van der Waals surface area contributed by atoms with E-state index in [1.54, 1.807) is 0 Å². The highest BCUT2D eigenvalue weighted by Gasteiger charge is 2.42. The molecule has 0 aromatic carbocycles. The van der Waals surface area contributed by atoms with Gasteiger partial charge in [-0.25, -0.2) is 8.78 Å². The van der Waals surface area contributed by atoms with E-state index in [4.69, 9.17) is 0 Å². The second-order valence-electron chi connectivity index (χ2n) is 6.30. The minimum Gasteiger partial charge on any atom is -0.247 e. The molecule has 17 heavy (non-hydrogen) atoms. The molecular formula is C15H26F2. The molecule has 2 aliphatic rings. The Morgan fingerprint density at radius 1 is 1.00 bits per heavy atom. The molecule has 2 saturated carbocycles. The smallest absolute Gasteiger partial charge is 0.106 e. The molecule has 0 radical (unpaired) electrons. The molecule has 0 aliphatic heterocycles. The molecule has 2 rings (SSSR count). The Kier molecular flexibility index (Phi) is 4.43. The van der Waals surface area contributed by atoms with Crippen molar-refractivity contribution < 1.29 is 8.78 Å². The summed E-state index contributed by atoms with van der Waals surface area (Å²) in [6.07, 6.45) is 5.21. The van der Waals surface area contributed by atoms with Crippen molar-refractivity contribution >= 4 is 0 Å². The predicted octanol–water partition coefficient (Wildman–Crippen LogP) is 4.93. The van der Waals surface area contributed by atoms with Crippen LogP contribution in [0.25, 0.3) is 0 Å². The molecule has 0 nitrogen and oxygen atoms in total. The van der Waals surface area contributed by atoms with Crippen molar-refractivity contribution in [2.75, 3.05) is 0 Å². The summed E-state index contributed by atoms with van der Waals surface area (Å²) in [5.74, 6) is 0.763. The van der Waals surface area contributed by atoms with Crippen LogP contribution in [0.15, 0.2) is 0 Å². The third-order valence-corrected chi connectivity index (χ3v) is 5.12. The molecular weight excluding hydrogens is 218 g/mol. The van der Waals surface area contributed by atoms with Crippen LogP contribution in [-0.2, 0) is 0 Å². The Morgan fingerprint density at radius 3 is 2.35 bits per heavy atom. The molecule has 2 aliphatic carbocycles. The van der Waals surface area contributed by atoms with Gasteiger partial charge in [0.05, 0.1) is 0 Å². The molecule has 0 spiro atoms. The van der Waals surface area contributed by atoms with E-state index in [2.05, 4.69) is 6.92 Å². The van der Waals surface area contributed by atoms with Crippen LogP contribution >= 0.6 is 0 Å². The monoisotopic (exact) mass is 244 g/mol. The molecule has 6 unspecified atom stereocenters. The van der Waals surface area contributed by atoms with Crippen LogP contribution in [0, 0.1) is 23.7 Å². The number of halogens is 2. The van der Waals surface area contributed by atoms with Crippen molar-refractivity contribution in [2.24, 2.45) is 23.7 Å². The van der Waals surface area contributed by atoms with E-state index in [-0.39, 0.29) is 17.8 Å². The first kappa shape index (κ1) is 13.3. The quantitative estimate of drug-likeness (QED) is 0.646. The van der Waals surface area contributed by atoms with Gasteiger partial charge in [0, 0.05) is 0 Å². The fourth-order valence-electron chi connectivity index (χ4n) is 4.03. The maximum Gasteiger partial charge on any atom is 0.106 e. The van der Waals surface area contributed by atoms with E-state index >= 15 is 0 Å². The average Bonchev–Trinajstić information content (AvgIpc) is 2.33. The lowest BCUT2D eigenvalue weighted by Gasteiger charge is -2.42. The van der Waals surface area contributed by atoms with Gasteiger partial charge in [0.1, 0.15) is 12.3 Å². The van der Waals surface area contributed by atoms with Crippen LogP contribution < -0.4 is 0 Å². The first-order chi connectivity index (χ1) is 8.13. The molecule has 6 atom stereocenters. The molecule has 2 fully saturated rings. The van der Waals surface area contributed by atoms with Crippen molar-refractivity contribution in [3.05, 3.63) is 0 Å². The minimum atomic E-state index is -0.765. The minimum absolute atomic E-state index is 0.000926. The summed E-state index contributed by atoms with van der Waals surface area (Å²) in [4.78, 5) is 0. The third kappa shape index (κ3) is 2.82. The molecule has 0 aromatic rings. The Labute approximate surface area is 104 Å². The third-order valence-electron chi connectivity index (χ3n) is 5.12. The predicted molar refractivity (Wildman–Crippen MR) is 67.4 cm³/mol. The molecule has 0 saturated heterocycles. The number of hydrogen-bond acceptors (Lipinski definition) is 0. The first-order valence-corrected chi connectivity index (χ1v) is 7.41. The second-order valence-corrected chi connectivity index (χ2v) is 6.30. The number of rotatable bonds is 2. The highest BCUT2D eigenvalue weighted by Crippen LogP contribution is 2.45. The summed E-state index contributed by atoms with van der Waals surface area (Å²) >= 11 is 0. The van der Waals surface area contributed by atoms with Crippen LogP contribution in [0.5, 0.6) is 0 Å². The summed E-state index contributed by atoms with van der Waals surface area (Å²) < 4.78 is 28.3. The van der Waals surface area contributed by atoms with Gasteiger partial charge in [-0.3, -0.25) is 0 Å². The Bertz CT molecular complexity index is 241. The molecule has 0 heterocycles. The summed E-state index contributed by atoms with van der Waals surface area (Å²) in [6, 6.07) is 0. The van der Waals surface area contributed by atoms with Crippen LogP contribution in [0.3, 0.4) is 0 Å². The van der Waals surface area contributed by atoms with Crippen LogP contribution in [0.2, 0.25) is 0 Å². The summed E-state index contributed by atoms with van der Waals surface area (Å²) in [7, 11) is 0. The Balaban J connectivity index is 2.05. The maximum absolute atomic E-state index is 14.3. The average molecular weight is 244 g/mol. The summed E-state index contributed by atoms with van der Waals surface area (Å²) in [5, 5.41) is 0. The standard InChI is InChI=1S/C15H26F2/c1-3-11-8-10(2)15(17)13(9-11)12-6-4-5-7-14(12)16/h10-15H,3-9H2,1-2H3. The van der Waals surface area contributed by atoms with E-state index in [1.165, 1.54) is 0 Å². The lowest BCUT2D eigenvalue weighted by molar-refractivity contribution is -0.00549. The Hall–Kier alpha value is -0.140. The zero-order valence-corrected chi connectivity index (χ0v) is 11.2. The van der Waals surface area contributed by atoms with Crippen molar-refractivity contribution in [3.63, 3.8) is 0 Å². The van der Waals surface area contributed by atoms with Crippen molar-refractivity contribution in [2.45, 2.75) is 71.1 Å². The van der Waals surface area contributed by atoms with E-state index in [0.29, 0.717) is 12.3 Å². The fourth-order valence-corrected chi connectivity index (χ4v) is 4.03. The summed E-state index contributed by atoms with van der Waals surface area (Å²) in [5.41, 5.74) is 0. The molecule has 0 aromatic heterocycles. The number of hydrogen-bond donors (Lipinski definition) is 0. The van der Waals surface area contributed by atoms with E-state index in [0.717, 1.165) is 38.5 Å². The second kappa shape index (κ2) is 5.67. The molecule has 100 valence electrons. The van der Waals surface area contributed by atoms with Crippen LogP contribution in [0.1, 0.15) is 58.8 Å². The van der Waals surface area contributed by atoms with E-state index in [1.807, 2.05) is 6.92 Å². The van der Waals surface area contributed by atoms with Gasteiger partial charge in [0.25, 0.3) is 0 Å².